The lowest BCUT2D eigenvalue weighted by Gasteiger charge is -2.21. The summed E-state index contributed by atoms with van der Waals surface area (Å²) in [7, 11) is 3.19. The number of hydrogen-bond donors (Lipinski definition) is 2. The number of aryl methyl sites for hydroxylation is 1. The summed E-state index contributed by atoms with van der Waals surface area (Å²) in [6.45, 7) is 1.66. The predicted molar refractivity (Wildman–Crippen MR) is 132 cm³/mol. The molecule has 0 radical (unpaired) electrons. The van der Waals surface area contributed by atoms with Crippen molar-refractivity contribution in [2.45, 2.75) is 25.7 Å². The Kier molecular flexibility index (Phi) is 6.41. The molecule has 1 unspecified atom stereocenters. The molecule has 0 aromatic heterocycles. The van der Waals surface area contributed by atoms with Gasteiger partial charge in [0.25, 0.3) is 0 Å². The average Bonchev–Trinajstić information content (AvgIpc) is 2.84. The van der Waals surface area contributed by atoms with Gasteiger partial charge in [0, 0.05) is 17.5 Å². The predicted octanol–water partition coefficient (Wildman–Crippen LogP) is 5.88. The van der Waals surface area contributed by atoms with E-state index >= 15 is 0 Å². The molecule has 174 valence electrons. The molecule has 0 saturated carbocycles. The van der Waals surface area contributed by atoms with Crippen LogP contribution in [0.5, 0.6) is 11.5 Å². The molecular formula is C28H26O6. The SMILES string of the molecule is COc1ccc2cc(C(C)C(=O)O)ccc2c1-c1c(OC)c(CCC(=O)O)cc2ccccc12. The van der Waals surface area contributed by atoms with Crippen molar-refractivity contribution in [3.8, 4) is 22.6 Å². The molecule has 0 fully saturated rings. The van der Waals surface area contributed by atoms with Crippen LogP contribution in [0.3, 0.4) is 0 Å². The van der Waals surface area contributed by atoms with Gasteiger partial charge in [-0.05, 0) is 58.1 Å². The molecule has 0 saturated heterocycles. The maximum Gasteiger partial charge on any atom is 0.310 e. The number of fused-ring (bicyclic) bond motifs is 2. The van der Waals surface area contributed by atoms with Gasteiger partial charge in [0.05, 0.1) is 20.1 Å². The maximum atomic E-state index is 11.5. The van der Waals surface area contributed by atoms with Crippen molar-refractivity contribution in [3.63, 3.8) is 0 Å². The number of methoxy groups -OCH3 is 2. The van der Waals surface area contributed by atoms with E-state index in [1.165, 1.54) is 0 Å². The molecule has 0 spiro atoms. The van der Waals surface area contributed by atoms with Crippen molar-refractivity contribution in [3.05, 3.63) is 71.8 Å². The van der Waals surface area contributed by atoms with Crippen LogP contribution in [-0.2, 0) is 16.0 Å². The van der Waals surface area contributed by atoms with Gasteiger partial charge in [-0.3, -0.25) is 9.59 Å². The molecule has 6 heteroatoms. The first-order chi connectivity index (χ1) is 16.3. The van der Waals surface area contributed by atoms with Crippen molar-refractivity contribution >= 4 is 33.5 Å². The van der Waals surface area contributed by atoms with Crippen LogP contribution in [0, 0.1) is 0 Å². The van der Waals surface area contributed by atoms with E-state index in [0.29, 0.717) is 23.5 Å². The Morgan fingerprint density at radius 3 is 2.24 bits per heavy atom. The molecule has 0 bridgehead atoms. The lowest BCUT2D eigenvalue weighted by atomic mass is 9.88. The summed E-state index contributed by atoms with van der Waals surface area (Å²) in [5.41, 5.74) is 3.15. The summed E-state index contributed by atoms with van der Waals surface area (Å²) in [5.74, 6) is -1.14. The lowest BCUT2D eigenvalue weighted by Crippen LogP contribution is -2.07. The summed E-state index contributed by atoms with van der Waals surface area (Å²) >= 11 is 0. The Bertz CT molecular complexity index is 1410. The normalized spacial score (nSPS) is 12.0. The minimum Gasteiger partial charge on any atom is -0.496 e. The van der Waals surface area contributed by atoms with Crippen LogP contribution in [0.2, 0.25) is 0 Å². The van der Waals surface area contributed by atoms with Crippen LogP contribution in [0.4, 0.5) is 0 Å². The van der Waals surface area contributed by atoms with E-state index in [-0.39, 0.29) is 6.42 Å². The van der Waals surface area contributed by atoms with Crippen LogP contribution in [0.15, 0.2) is 60.7 Å². The van der Waals surface area contributed by atoms with Gasteiger partial charge < -0.3 is 19.7 Å². The zero-order valence-corrected chi connectivity index (χ0v) is 19.3. The number of benzene rings is 4. The van der Waals surface area contributed by atoms with Crippen molar-refractivity contribution in [1.29, 1.82) is 0 Å². The molecule has 0 aliphatic carbocycles. The second kappa shape index (κ2) is 9.43. The fourth-order valence-electron chi connectivity index (χ4n) is 4.46. The quantitative estimate of drug-likeness (QED) is 0.342. The smallest absolute Gasteiger partial charge is 0.310 e. The molecule has 0 aliphatic rings. The van der Waals surface area contributed by atoms with E-state index in [2.05, 4.69) is 0 Å². The molecular weight excluding hydrogens is 432 g/mol. The number of rotatable bonds is 8. The van der Waals surface area contributed by atoms with Crippen molar-refractivity contribution in [2.24, 2.45) is 0 Å². The minimum absolute atomic E-state index is 0.0166. The number of hydrogen-bond acceptors (Lipinski definition) is 4. The molecule has 4 rings (SSSR count). The standard InChI is InChI=1S/C28H26O6/c1-16(28(31)32)17-8-11-22-19(14-17)9-12-23(33-2)25(22)26-21-7-5-4-6-18(21)15-20(27(26)34-3)10-13-24(29)30/h4-9,11-12,14-16H,10,13H2,1-3H3,(H,29,30)(H,31,32). The summed E-state index contributed by atoms with van der Waals surface area (Å²) in [4.78, 5) is 22.8. The summed E-state index contributed by atoms with van der Waals surface area (Å²) in [6, 6.07) is 19.3. The minimum atomic E-state index is -0.883. The van der Waals surface area contributed by atoms with Crippen molar-refractivity contribution < 1.29 is 29.3 Å². The second-order valence-corrected chi connectivity index (χ2v) is 8.24. The molecule has 34 heavy (non-hydrogen) atoms. The van der Waals surface area contributed by atoms with Crippen LogP contribution >= 0.6 is 0 Å². The van der Waals surface area contributed by atoms with E-state index in [0.717, 1.165) is 38.2 Å². The topological polar surface area (TPSA) is 93.1 Å². The van der Waals surface area contributed by atoms with E-state index in [9.17, 15) is 19.8 Å². The molecule has 0 aliphatic heterocycles. The Morgan fingerprint density at radius 1 is 0.853 bits per heavy atom. The molecule has 0 heterocycles. The fourth-order valence-corrected chi connectivity index (χ4v) is 4.46. The molecule has 6 nitrogen and oxygen atoms in total. The summed E-state index contributed by atoms with van der Waals surface area (Å²) in [5, 5.41) is 22.4. The van der Waals surface area contributed by atoms with E-state index in [4.69, 9.17) is 9.47 Å². The Labute approximate surface area is 197 Å². The highest BCUT2D eigenvalue weighted by Gasteiger charge is 2.22. The first kappa shape index (κ1) is 23.1. The Hall–Kier alpha value is -4.06. The van der Waals surface area contributed by atoms with Crippen molar-refractivity contribution in [1.82, 2.24) is 0 Å². The maximum absolute atomic E-state index is 11.5. The second-order valence-electron chi connectivity index (χ2n) is 8.24. The van der Waals surface area contributed by atoms with Crippen LogP contribution in [0.25, 0.3) is 32.7 Å². The van der Waals surface area contributed by atoms with Gasteiger partial charge >= 0.3 is 11.9 Å². The Morgan fingerprint density at radius 2 is 1.56 bits per heavy atom. The van der Waals surface area contributed by atoms with Crippen LogP contribution < -0.4 is 9.47 Å². The largest absolute Gasteiger partial charge is 0.496 e. The van der Waals surface area contributed by atoms with E-state index in [1.807, 2.05) is 60.7 Å². The van der Waals surface area contributed by atoms with Gasteiger partial charge in [-0.1, -0.05) is 48.5 Å². The number of carboxylic acids is 2. The molecule has 4 aromatic rings. The number of carboxylic acid groups (broad SMARTS) is 2. The van der Waals surface area contributed by atoms with E-state index < -0.39 is 17.9 Å². The third kappa shape index (κ3) is 4.15. The monoisotopic (exact) mass is 458 g/mol. The van der Waals surface area contributed by atoms with Crippen molar-refractivity contribution in [2.75, 3.05) is 14.2 Å². The number of carbonyl (C=O) groups is 2. The number of aliphatic carboxylic acids is 2. The zero-order valence-electron chi connectivity index (χ0n) is 19.3. The molecule has 0 amide bonds. The average molecular weight is 459 g/mol. The first-order valence-corrected chi connectivity index (χ1v) is 11.0. The van der Waals surface area contributed by atoms with Gasteiger partial charge in [0.2, 0.25) is 0 Å². The van der Waals surface area contributed by atoms with Gasteiger partial charge in [-0.15, -0.1) is 0 Å². The Balaban J connectivity index is 2.08. The molecule has 2 N–H and O–H groups in total. The van der Waals surface area contributed by atoms with Crippen LogP contribution in [0.1, 0.15) is 30.4 Å². The highest BCUT2D eigenvalue weighted by molar-refractivity contribution is 6.10. The third-order valence-corrected chi connectivity index (χ3v) is 6.24. The third-order valence-electron chi connectivity index (χ3n) is 6.24. The lowest BCUT2D eigenvalue weighted by molar-refractivity contribution is -0.138. The highest BCUT2D eigenvalue weighted by atomic mass is 16.5. The fraction of sp³-hybridized carbons (Fsp3) is 0.214. The first-order valence-electron chi connectivity index (χ1n) is 11.0. The number of ether oxygens (including phenoxy) is 2. The zero-order chi connectivity index (χ0) is 24.4. The molecule has 1 atom stereocenters. The van der Waals surface area contributed by atoms with Gasteiger partial charge in [0.1, 0.15) is 11.5 Å². The van der Waals surface area contributed by atoms with E-state index in [1.54, 1.807) is 21.1 Å². The highest BCUT2D eigenvalue weighted by Crippen LogP contribution is 2.47. The van der Waals surface area contributed by atoms with Gasteiger partial charge in [-0.25, -0.2) is 0 Å². The van der Waals surface area contributed by atoms with Gasteiger partial charge in [-0.2, -0.15) is 0 Å². The van der Waals surface area contributed by atoms with Crippen LogP contribution in [-0.4, -0.2) is 36.4 Å². The van der Waals surface area contributed by atoms with Gasteiger partial charge in [0.15, 0.2) is 0 Å². The summed E-state index contributed by atoms with van der Waals surface area (Å²) in [6.07, 6.45) is 0.306. The summed E-state index contributed by atoms with van der Waals surface area (Å²) < 4.78 is 11.7. The molecule has 4 aromatic carbocycles.